The number of aliphatic hydroxyl groups excluding tert-OH is 1. The largest absolute Gasteiger partial charge is 0.392 e. The van der Waals surface area contributed by atoms with Crippen molar-refractivity contribution < 1.29 is 9.90 Å². The molecule has 3 heterocycles. The van der Waals surface area contributed by atoms with Crippen molar-refractivity contribution in [2.45, 2.75) is 50.7 Å². The number of carbonyl (C=O) groups is 1. The molecule has 2 saturated carbocycles. The first-order chi connectivity index (χ1) is 13.7. The average Bonchev–Trinajstić information content (AvgIpc) is 3.26. The summed E-state index contributed by atoms with van der Waals surface area (Å²) in [5.74, 6) is 0.868. The van der Waals surface area contributed by atoms with Crippen LogP contribution >= 0.6 is 0 Å². The maximum Gasteiger partial charge on any atom is 0.225 e. The van der Waals surface area contributed by atoms with Crippen molar-refractivity contribution in [2.75, 3.05) is 13.1 Å². The second-order valence-electron chi connectivity index (χ2n) is 9.35. The molecule has 5 nitrogen and oxygen atoms in total. The summed E-state index contributed by atoms with van der Waals surface area (Å²) < 4.78 is 2.25. The van der Waals surface area contributed by atoms with Gasteiger partial charge in [-0.25, -0.2) is 4.98 Å². The number of imidazole rings is 1. The summed E-state index contributed by atoms with van der Waals surface area (Å²) in [7, 11) is 0. The lowest BCUT2D eigenvalue weighted by atomic mass is 9.53. The zero-order valence-electron chi connectivity index (χ0n) is 16.1. The number of aliphatic hydroxyl groups is 1. The molecule has 5 heteroatoms. The van der Waals surface area contributed by atoms with Crippen LogP contribution in [0.25, 0.3) is 11.3 Å². The quantitative estimate of drug-likeness (QED) is 0.874. The summed E-state index contributed by atoms with van der Waals surface area (Å²) in [5, 5.41) is 11.3. The maximum absolute atomic E-state index is 12.6. The van der Waals surface area contributed by atoms with Crippen LogP contribution in [-0.2, 0) is 4.79 Å². The molecule has 0 bridgehead atoms. The first-order valence-electron chi connectivity index (χ1n) is 10.8. The van der Waals surface area contributed by atoms with Crippen molar-refractivity contribution in [2.24, 2.45) is 17.3 Å². The molecule has 1 N–H and O–H groups in total. The van der Waals surface area contributed by atoms with Crippen molar-refractivity contribution >= 4 is 5.91 Å². The Morgan fingerprint density at radius 3 is 2.68 bits per heavy atom. The van der Waals surface area contributed by atoms with Gasteiger partial charge in [0.2, 0.25) is 5.91 Å². The molecule has 0 radical (unpaired) electrons. The fourth-order valence-electron chi connectivity index (χ4n) is 6.18. The van der Waals surface area contributed by atoms with E-state index >= 15 is 0 Å². The minimum Gasteiger partial charge on any atom is -0.392 e. The Hall–Kier alpha value is -2.14. The van der Waals surface area contributed by atoms with Gasteiger partial charge in [0, 0.05) is 35.9 Å². The predicted octanol–water partition coefficient (Wildman–Crippen LogP) is 3.24. The standard InChI is InChI=1S/C23H27N3O2/c27-21-18(20-17-7-2-1-6-16(17)19-13-24-14-26(19)20)12-23(21)8-10-25(11-9-23)22(28)15-4-3-5-15/h1-2,6-7,13-15,18,20-21,27H,3-5,8-12H2/t18-,20+,21+/m0/s1. The molecule has 2 aliphatic carbocycles. The monoisotopic (exact) mass is 377 g/mol. The van der Waals surface area contributed by atoms with Crippen LogP contribution in [0.5, 0.6) is 0 Å². The molecule has 1 saturated heterocycles. The average molecular weight is 377 g/mol. The summed E-state index contributed by atoms with van der Waals surface area (Å²) >= 11 is 0. The van der Waals surface area contributed by atoms with E-state index in [0.717, 1.165) is 50.9 Å². The number of nitrogens with zero attached hydrogens (tertiary/aromatic N) is 3. The van der Waals surface area contributed by atoms with Crippen molar-refractivity contribution in [1.82, 2.24) is 14.5 Å². The Kier molecular flexibility index (Phi) is 3.55. The maximum atomic E-state index is 12.6. The third-order valence-electron chi connectivity index (χ3n) is 8.13. The van der Waals surface area contributed by atoms with Gasteiger partial charge in [0.25, 0.3) is 0 Å². The number of benzene rings is 1. The van der Waals surface area contributed by atoms with Crippen molar-refractivity contribution in [3.05, 3.63) is 42.4 Å². The summed E-state index contributed by atoms with van der Waals surface area (Å²) in [6.07, 6.45) is 9.80. The first-order valence-corrected chi connectivity index (χ1v) is 10.8. The highest BCUT2D eigenvalue weighted by Gasteiger charge is 2.58. The number of amides is 1. The number of fused-ring (bicyclic) bond motifs is 3. The van der Waals surface area contributed by atoms with Gasteiger partial charge in [0.15, 0.2) is 0 Å². The van der Waals surface area contributed by atoms with E-state index in [4.69, 9.17) is 0 Å². The van der Waals surface area contributed by atoms with Crippen molar-refractivity contribution in [3.8, 4) is 11.3 Å². The van der Waals surface area contributed by atoms with Gasteiger partial charge in [-0.15, -0.1) is 0 Å². The van der Waals surface area contributed by atoms with E-state index in [-0.39, 0.29) is 29.4 Å². The van der Waals surface area contributed by atoms with Gasteiger partial charge in [0.1, 0.15) is 0 Å². The summed E-state index contributed by atoms with van der Waals surface area (Å²) in [4.78, 5) is 19.0. The second kappa shape index (κ2) is 5.93. The van der Waals surface area contributed by atoms with E-state index in [2.05, 4.69) is 38.7 Å². The molecule has 2 aliphatic heterocycles. The molecular weight excluding hydrogens is 350 g/mol. The molecule has 3 atom stereocenters. The van der Waals surface area contributed by atoms with E-state index in [1.54, 1.807) is 0 Å². The normalized spacial score (nSPS) is 30.5. The molecule has 0 unspecified atom stereocenters. The number of aromatic nitrogens is 2. The highest BCUT2D eigenvalue weighted by atomic mass is 16.3. The van der Waals surface area contributed by atoms with Crippen molar-refractivity contribution in [3.63, 3.8) is 0 Å². The van der Waals surface area contributed by atoms with Crippen LogP contribution in [0.3, 0.4) is 0 Å². The summed E-state index contributed by atoms with van der Waals surface area (Å²) in [6, 6.07) is 8.71. The van der Waals surface area contributed by atoms with Crippen molar-refractivity contribution in [1.29, 1.82) is 0 Å². The summed E-state index contributed by atoms with van der Waals surface area (Å²) in [5.41, 5.74) is 3.73. The highest BCUT2D eigenvalue weighted by Crippen LogP contribution is 2.59. The molecule has 1 aromatic heterocycles. The van der Waals surface area contributed by atoms with Crippen LogP contribution in [-0.4, -0.2) is 44.7 Å². The number of rotatable bonds is 2. The molecule has 146 valence electrons. The predicted molar refractivity (Wildman–Crippen MR) is 106 cm³/mol. The Morgan fingerprint density at radius 2 is 1.96 bits per heavy atom. The molecule has 28 heavy (non-hydrogen) atoms. The van der Waals surface area contributed by atoms with Gasteiger partial charge in [-0.05, 0) is 37.7 Å². The molecule has 6 rings (SSSR count). The zero-order chi connectivity index (χ0) is 18.9. The Balaban J connectivity index is 1.19. The molecule has 1 spiro atoms. The van der Waals surface area contributed by atoms with E-state index < -0.39 is 0 Å². The number of carbonyl (C=O) groups excluding carboxylic acids is 1. The lowest BCUT2D eigenvalue weighted by molar-refractivity contribution is -0.167. The minimum absolute atomic E-state index is 0.000656. The number of piperidine rings is 1. The number of likely N-dealkylation sites (tertiary alicyclic amines) is 1. The highest BCUT2D eigenvalue weighted by molar-refractivity contribution is 5.79. The molecule has 1 aromatic carbocycles. The van der Waals surface area contributed by atoms with E-state index in [1.165, 1.54) is 17.5 Å². The van der Waals surface area contributed by atoms with Gasteiger partial charge in [-0.2, -0.15) is 0 Å². The Bertz CT molecular complexity index is 923. The second-order valence-corrected chi connectivity index (χ2v) is 9.35. The van der Waals surface area contributed by atoms with Crippen LogP contribution in [0, 0.1) is 17.3 Å². The fourth-order valence-corrected chi connectivity index (χ4v) is 6.18. The van der Waals surface area contributed by atoms with E-state index in [1.807, 2.05) is 12.5 Å². The topological polar surface area (TPSA) is 58.4 Å². The Morgan fingerprint density at radius 1 is 1.18 bits per heavy atom. The van der Waals surface area contributed by atoms with Gasteiger partial charge < -0.3 is 14.6 Å². The van der Waals surface area contributed by atoms with Gasteiger partial charge in [-0.3, -0.25) is 4.79 Å². The lowest BCUT2D eigenvalue weighted by Gasteiger charge is -2.58. The minimum atomic E-state index is -0.306. The number of hydrogen-bond acceptors (Lipinski definition) is 3. The van der Waals surface area contributed by atoms with E-state index in [9.17, 15) is 9.90 Å². The van der Waals surface area contributed by atoms with Gasteiger partial charge >= 0.3 is 0 Å². The molecule has 1 amide bonds. The molecule has 2 aromatic rings. The van der Waals surface area contributed by atoms with Gasteiger partial charge in [-0.1, -0.05) is 30.7 Å². The zero-order valence-corrected chi connectivity index (χ0v) is 16.1. The van der Waals surface area contributed by atoms with Crippen LogP contribution < -0.4 is 0 Å². The van der Waals surface area contributed by atoms with Crippen LogP contribution in [0.15, 0.2) is 36.8 Å². The van der Waals surface area contributed by atoms with Crippen LogP contribution in [0.1, 0.15) is 50.1 Å². The van der Waals surface area contributed by atoms with Gasteiger partial charge in [0.05, 0.1) is 30.4 Å². The third kappa shape index (κ3) is 2.17. The fraction of sp³-hybridized carbons (Fsp3) is 0.565. The number of hydrogen-bond donors (Lipinski definition) is 1. The summed E-state index contributed by atoms with van der Waals surface area (Å²) in [6.45, 7) is 1.63. The lowest BCUT2D eigenvalue weighted by Crippen LogP contribution is -2.60. The molecule has 4 aliphatic rings. The molecular formula is C23H27N3O2. The van der Waals surface area contributed by atoms with Crippen LogP contribution in [0.4, 0.5) is 0 Å². The Labute approximate surface area is 165 Å². The first kappa shape index (κ1) is 16.8. The molecule has 3 fully saturated rings. The van der Waals surface area contributed by atoms with E-state index in [0.29, 0.717) is 5.91 Å². The SMILES string of the molecule is O=C(C1CCC1)N1CCC2(CC1)C[C@@H]([C@H]1c3ccccc3-c3cncn31)[C@H]2O. The van der Waals surface area contributed by atoms with Crippen LogP contribution in [0.2, 0.25) is 0 Å². The smallest absolute Gasteiger partial charge is 0.225 e. The third-order valence-corrected chi connectivity index (χ3v) is 8.13.